The molecule has 1 saturated carbocycles. The number of hydrogen-bond donors (Lipinski definition) is 1. The second kappa shape index (κ2) is 5.68. The zero-order chi connectivity index (χ0) is 13.1. The van der Waals surface area contributed by atoms with Crippen molar-refractivity contribution < 1.29 is 5.11 Å². The average Bonchev–Trinajstić information content (AvgIpc) is 2.22. The molecule has 0 unspecified atom stereocenters. The predicted octanol–water partition coefficient (Wildman–Crippen LogP) is 1.95. The van der Waals surface area contributed by atoms with E-state index in [1.165, 1.54) is 19.3 Å². The molecule has 0 atom stereocenters. The molecule has 0 aromatic rings. The normalized spacial score (nSPS) is 19.8. The first kappa shape index (κ1) is 14.9. The Bertz CT molecular complexity index is 232. The third kappa shape index (κ3) is 3.43. The van der Waals surface area contributed by atoms with Crippen molar-refractivity contribution in [2.45, 2.75) is 57.1 Å². The first-order valence-corrected chi connectivity index (χ1v) is 6.96. The Morgan fingerprint density at radius 3 is 1.94 bits per heavy atom. The van der Waals surface area contributed by atoms with E-state index in [0.717, 1.165) is 25.9 Å². The zero-order valence-electron chi connectivity index (χ0n) is 12.3. The number of aliphatic hydroxyl groups is 1. The molecule has 0 saturated heterocycles. The van der Waals surface area contributed by atoms with Crippen molar-refractivity contribution in [1.29, 1.82) is 0 Å². The van der Waals surface area contributed by atoms with Crippen LogP contribution in [-0.2, 0) is 0 Å². The largest absolute Gasteiger partial charge is 0.389 e. The van der Waals surface area contributed by atoms with E-state index in [-0.39, 0.29) is 0 Å². The van der Waals surface area contributed by atoms with Gasteiger partial charge in [0.2, 0.25) is 0 Å². The van der Waals surface area contributed by atoms with E-state index in [0.29, 0.717) is 5.54 Å². The molecule has 1 aliphatic rings. The van der Waals surface area contributed by atoms with Crippen molar-refractivity contribution in [3.8, 4) is 0 Å². The van der Waals surface area contributed by atoms with Crippen molar-refractivity contribution >= 4 is 0 Å². The van der Waals surface area contributed by atoms with Gasteiger partial charge < -0.3 is 14.9 Å². The molecule has 0 radical (unpaired) electrons. The van der Waals surface area contributed by atoms with Crippen LogP contribution in [0.2, 0.25) is 0 Å². The van der Waals surface area contributed by atoms with Gasteiger partial charge in [0.05, 0.1) is 5.60 Å². The summed E-state index contributed by atoms with van der Waals surface area (Å²) in [6, 6.07) is 0. The molecule has 0 aliphatic heterocycles. The van der Waals surface area contributed by atoms with Crippen LogP contribution in [0.5, 0.6) is 0 Å². The Labute approximate surface area is 107 Å². The van der Waals surface area contributed by atoms with Gasteiger partial charge in [-0.2, -0.15) is 0 Å². The molecule has 1 rings (SSSR count). The van der Waals surface area contributed by atoms with Gasteiger partial charge in [-0.1, -0.05) is 13.8 Å². The van der Waals surface area contributed by atoms with Gasteiger partial charge in [0.25, 0.3) is 0 Å². The van der Waals surface area contributed by atoms with Crippen LogP contribution < -0.4 is 0 Å². The van der Waals surface area contributed by atoms with Crippen molar-refractivity contribution in [1.82, 2.24) is 9.80 Å². The Hall–Kier alpha value is -0.120. The van der Waals surface area contributed by atoms with Crippen molar-refractivity contribution in [2.75, 3.05) is 34.2 Å². The summed E-state index contributed by atoms with van der Waals surface area (Å²) in [4.78, 5) is 4.68. The van der Waals surface area contributed by atoms with Gasteiger partial charge in [0.1, 0.15) is 0 Å². The number of nitrogens with zero attached hydrogens (tertiary/aromatic N) is 2. The Morgan fingerprint density at radius 1 is 1.12 bits per heavy atom. The molecule has 1 fully saturated rings. The van der Waals surface area contributed by atoms with Gasteiger partial charge >= 0.3 is 0 Å². The minimum Gasteiger partial charge on any atom is -0.389 e. The van der Waals surface area contributed by atoms with Crippen molar-refractivity contribution in [3.63, 3.8) is 0 Å². The summed E-state index contributed by atoms with van der Waals surface area (Å²) >= 11 is 0. The van der Waals surface area contributed by atoms with Gasteiger partial charge in [-0.25, -0.2) is 0 Å². The molecule has 0 heterocycles. The SMILES string of the molecule is CCC(O)(CC)CN(C)CC1(N(C)C)CCC1. The molecule has 1 N–H and O–H groups in total. The fourth-order valence-electron chi connectivity index (χ4n) is 2.87. The van der Waals surface area contributed by atoms with Crippen LogP contribution in [-0.4, -0.2) is 60.3 Å². The monoisotopic (exact) mass is 242 g/mol. The zero-order valence-corrected chi connectivity index (χ0v) is 12.3. The van der Waals surface area contributed by atoms with Crippen LogP contribution in [0, 0.1) is 0 Å². The lowest BCUT2D eigenvalue weighted by atomic mass is 9.75. The maximum Gasteiger partial charge on any atom is 0.0768 e. The molecule has 0 spiro atoms. The van der Waals surface area contributed by atoms with E-state index in [2.05, 4.69) is 44.8 Å². The fourth-order valence-corrected chi connectivity index (χ4v) is 2.87. The fraction of sp³-hybridized carbons (Fsp3) is 1.00. The van der Waals surface area contributed by atoms with Gasteiger partial charge in [-0.05, 0) is 53.2 Å². The Morgan fingerprint density at radius 2 is 1.65 bits per heavy atom. The molecule has 1 aliphatic carbocycles. The summed E-state index contributed by atoms with van der Waals surface area (Å²) in [6.07, 6.45) is 5.60. The van der Waals surface area contributed by atoms with Gasteiger partial charge in [0.15, 0.2) is 0 Å². The Kier molecular flexibility index (Phi) is 4.99. The summed E-state index contributed by atoms with van der Waals surface area (Å²) in [7, 11) is 6.50. The topological polar surface area (TPSA) is 26.7 Å². The van der Waals surface area contributed by atoms with Gasteiger partial charge in [-0.15, -0.1) is 0 Å². The van der Waals surface area contributed by atoms with Gasteiger partial charge in [0, 0.05) is 18.6 Å². The maximum atomic E-state index is 10.4. The molecule has 3 nitrogen and oxygen atoms in total. The molecule has 0 bridgehead atoms. The molecular weight excluding hydrogens is 212 g/mol. The number of rotatable bonds is 7. The van der Waals surface area contributed by atoms with E-state index in [1.807, 2.05) is 0 Å². The van der Waals surface area contributed by atoms with Crippen LogP contribution in [0.4, 0.5) is 0 Å². The van der Waals surface area contributed by atoms with Crippen LogP contribution in [0.1, 0.15) is 46.0 Å². The minimum absolute atomic E-state index is 0.358. The molecule has 0 aromatic heterocycles. The predicted molar refractivity (Wildman–Crippen MR) is 73.3 cm³/mol. The van der Waals surface area contributed by atoms with Crippen molar-refractivity contribution in [3.05, 3.63) is 0 Å². The molecule has 0 amide bonds. The van der Waals surface area contributed by atoms with E-state index in [9.17, 15) is 5.11 Å². The highest BCUT2D eigenvalue weighted by atomic mass is 16.3. The van der Waals surface area contributed by atoms with Crippen LogP contribution in [0.3, 0.4) is 0 Å². The average molecular weight is 242 g/mol. The smallest absolute Gasteiger partial charge is 0.0768 e. The summed E-state index contributed by atoms with van der Waals surface area (Å²) in [5.41, 5.74) is -0.150. The number of hydrogen-bond acceptors (Lipinski definition) is 3. The molecule has 0 aromatic carbocycles. The first-order valence-electron chi connectivity index (χ1n) is 6.96. The molecule has 102 valence electrons. The summed E-state index contributed by atoms with van der Waals surface area (Å²) in [6.45, 7) is 6.00. The van der Waals surface area contributed by atoms with E-state index in [4.69, 9.17) is 0 Å². The highest BCUT2D eigenvalue weighted by Crippen LogP contribution is 2.36. The maximum absolute atomic E-state index is 10.4. The standard InChI is InChI=1S/C14H30N2O/c1-6-14(17,7-2)12-16(5)11-13(15(3)4)9-8-10-13/h17H,6-12H2,1-5H3. The minimum atomic E-state index is -0.508. The molecule has 17 heavy (non-hydrogen) atoms. The first-order chi connectivity index (χ1) is 7.87. The summed E-state index contributed by atoms with van der Waals surface area (Å²) < 4.78 is 0. The number of likely N-dealkylation sites (N-methyl/N-ethyl adjacent to an activating group) is 2. The van der Waals surface area contributed by atoms with Crippen LogP contribution >= 0.6 is 0 Å². The second-order valence-electron chi connectivity index (χ2n) is 6.08. The lowest BCUT2D eigenvalue weighted by Gasteiger charge is -2.50. The van der Waals surface area contributed by atoms with Gasteiger partial charge in [-0.3, -0.25) is 0 Å². The molecule has 3 heteroatoms. The lowest BCUT2D eigenvalue weighted by Crippen LogP contribution is -2.58. The summed E-state index contributed by atoms with van der Waals surface area (Å²) in [5, 5.41) is 10.4. The molecular formula is C14H30N2O. The van der Waals surface area contributed by atoms with E-state index in [1.54, 1.807) is 0 Å². The van der Waals surface area contributed by atoms with E-state index >= 15 is 0 Å². The van der Waals surface area contributed by atoms with Crippen LogP contribution in [0.15, 0.2) is 0 Å². The lowest BCUT2D eigenvalue weighted by molar-refractivity contribution is -0.0265. The van der Waals surface area contributed by atoms with Crippen molar-refractivity contribution in [2.24, 2.45) is 0 Å². The Balaban J connectivity index is 2.51. The third-order valence-corrected chi connectivity index (χ3v) is 4.68. The quantitative estimate of drug-likeness (QED) is 0.739. The highest BCUT2D eigenvalue weighted by molar-refractivity contribution is 4.98. The highest BCUT2D eigenvalue weighted by Gasteiger charge is 2.40. The third-order valence-electron chi connectivity index (χ3n) is 4.68. The van der Waals surface area contributed by atoms with Crippen LogP contribution in [0.25, 0.3) is 0 Å². The second-order valence-corrected chi connectivity index (χ2v) is 6.08. The summed E-state index contributed by atoms with van der Waals surface area (Å²) in [5.74, 6) is 0. The van der Waals surface area contributed by atoms with E-state index < -0.39 is 5.60 Å².